The molecule has 4 rings (SSSR count). The number of hydrogen-bond donors (Lipinski definition) is 1. The lowest BCUT2D eigenvalue weighted by Gasteiger charge is -2.43. The van der Waals surface area contributed by atoms with E-state index in [1.165, 1.54) is 23.4 Å². The second-order valence-electron chi connectivity index (χ2n) is 9.09. The number of carbonyl (C=O) groups excluding carboxylic acids is 1. The summed E-state index contributed by atoms with van der Waals surface area (Å²) in [6.45, 7) is 4.26. The number of nitrogens with zero attached hydrogens (tertiary/aromatic N) is 4. The number of halogens is 2. The van der Waals surface area contributed by atoms with Crippen molar-refractivity contribution >= 4 is 30.5 Å². The quantitative estimate of drug-likeness (QED) is 0.461. The number of aliphatic imine (C=N–C) groups is 3. The molecule has 2 unspecified atom stereocenters. The van der Waals surface area contributed by atoms with Crippen molar-refractivity contribution < 1.29 is 23.0 Å². The molecule has 2 N–H and O–H groups in total. The van der Waals surface area contributed by atoms with Crippen LogP contribution in [0.15, 0.2) is 63.6 Å². The first-order valence-corrected chi connectivity index (χ1v) is 11.2. The molecule has 1 amide bonds. The highest BCUT2D eigenvalue weighted by molar-refractivity contribution is 6.07. The molecule has 2 aliphatic heterocycles. The van der Waals surface area contributed by atoms with Crippen molar-refractivity contribution in [2.24, 2.45) is 20.7 Å². The van der Waals surface area contributed by atoms with Gasteiger partial charge in [-0.2, -0.15) is 8.78 Å². The minimum absolute atomic E-state index is 0.0689. The van der Waals surface area contributed by atoms with E-state index >= 15 is 0 Å². The summed E-state index contributed by atoms with van der Waals surface area (Å²) >= 11 is 0. The molecule has 8 nitrogen and oxygen atoms in total. The summed E-state index contributed by atoms with van der Waals surface area (Å²) in [5, 5.41) is 0. The fourth-order valence-corrected chi connectivity index (χ4v) is 4.70. The third-order valence-electron chi connectivity index (χ3n) is 6.32. The molecule has 0 bridgehead atoms. The molecular formula is C26H27F2N5O3. The van der Waals surface area contributed by atoms with Crippen LogP contribution in [0.2, 0.25) is 0 Å². The molecule has 0 fully saturated rings. The van der Waals surface area contributed by atoms with Gasteiger partial charge in [-0.3, -0.25) is 14.7 Å². The Morgan fingerprint density at radius 1 is 1.33 bits per heavy atom. The van der Waals surface area contributed by atoms with Gasteiger partial charge in [0.25, 0.3) is 5.91 Å². The predicted octanol–water partition coefficient (Wildman–Crippen LogP) is 4.14. The smallest absolute Gasteiger partial charge is 0.387 e. The minimum Gasteiger partial charge on any atom is -0.487 e. The van der Waals surface area contributed by atoms with Gasteiger partial charge in [0.2, 0.25) is 0 Å². The van der Waals surface area contributed by atoms with Gasteiger partial charge < -0.3 is 15.2 Å². The Labute approximate surface area is 207 Å². The van der Waals surface area contributed by atoms with Gasteiger partial charge in [-0.25, -0.2) is 9.98 Å². The number of benzene rings is 2. The molecule has 0 saturated carbocycles. The monoisotopic (exact) mass is 495 g/mol. The van der Waals surface area contributed by atoms with Gasteiger partial charge in [0.1, 0.15) is 23.4 Å². The Morgan fingerprint density at radius 3 is 2.67 bits per heavy atom. The maximum absolute atomic E-state index is 13.6. The summed E-state index contributed by atoms with van der Waals surface area (Å²) in [5.41, 5.74) is 7.14. The van der Waals surface area contributed by atoms with Crippen LogP contribution in [-0.2, 0) is 16.8 Å². The highest BCUT2D eigenvalue weighted by Crippen LogP contribution is 2.50. The van der Waals surface area contributed by atoms with Crippen molar-refractivity contribution in [3.05, 3.63) is 65.4 Å². The zero-order valence-electron chi connectivity index (χ0n) is 20.2. The highest BCUT2D eigenvalue weighted by Gasteiger charge is 2.56. The summed E-state index contributed by atoms with van der Waals surface area (Å²) in [6.07, 6.45) is 3.62. The molecule has 36 heavy (non-hydrogen) atoms. The molecule has 2 atom stereocenters. The highest BCUT2D eigenvalue weighted by atomic mass is 19.3. The molecule has 10 heteroatoms. The topological polar surface area (TPSA) is 102 Å². The third kappa shape index (κ3) is 4.71. The summed E-state index contributed by atoms with van der Waals surface area (Å²) in [7, 11) is 1.59. The number of nitrogens with two attached hydrogens (primary N) is 1. The normalized spacial score (nSPS) is 23.7. The van der Waals surface area contributed by atoms with Crippen LogP contribution >= 0.6 is 0 Å². The number of rotatable bonds is 7. The molecule has 0 saturated heterocycles. The van der Waals surface area contributed by atoms with E-state index in [-0.39, 0.29) is 24.0 Å². The Morgan fingerprint density at radius 2 is 2.06 bits per heavy atom. The van der Waals surface area contributed by atoms with Crippen molar-refractivity contribution in [3.63, 3.8) is 0 Å². The number of hydrogen-bond acceptors (Lipinski definition) is 6. The first-order chi connectivity index (χ1) is 17.1. The lowest BCUT2D eigenvalue weighted by atomic mass is 9.74. The molecule has 2 aromatic carbocycles. The van der Waals surface area contributed by atoms with Gasteiger partial charge in [-0.05, 0) is 61.5 Å². The summed E-state index contributed by atoms with van der Waals surface area (Å²) in [4.78, 5) is 27.2. The fourth-order valence-electron chi connectivity index (χ4n) is 4.70. The Hall–Kier alpha value is -4.08. The van der Waals surface area contributed by atoms with E-state index in [2.05, 4.69) is 26.4 Å². The van der Waals surface area contributed by atoms with Crippen LogP contribution in [0.5, 0.6) is 11.5 Å². The lowest BCUT2D eigenvalue weighted by molar-refractivity contribution is -0.133. The Kier molecular flexibility index (Phi) is 6.62. The molecule has 2 heterocycles. The zero-order chi connectivity index (χ0) is 26.1. The van der Waals surface area contributed by atoms with Gasteiger partial charge in [0.15, 0.2) is 11.5 Å². The molecule has 2 aliphatic rings. The van der Waals surface area contributed by atoms with Gasteiger partial charge >= 0.3 is 6.61 Å². The van der Waals surface area contributed by atoms with Gasteiger partial charge in [-0.1, -0.05) is 18.2 Å². The average Bonchev–Trinajstić information content (AvgIpc) is 3.03. The first kappa shape index (κ1) is 25.0. The standard InChI is InChI=1S/C26H27F2N5O3/c1-16(13-31-15-30-3)18-7-10-21-20(11-18)26(22(34)33(4)24(29)32-26)14-25(2,36-21)12-17-5-8-19(9-6-17)35-23(27)28/h5-11,13,15,23H,3,12,14H2,1-2,4H3,(H2,29,32). The maximum atomic E-state index is 13.6. The number of carbonyl (C=O) groups is 1. The number of fused-ring (bicyclic) bond motifs is 2. The number of amides is 1. The molecule has 0 aromatic heterocycles. The Balaban J connectivity index is 1.73. The number of likely N-dealkylation sites (N-methyl/N-ethyl adjacent to an activating group) is 1. The van der Waals surface area contributed by atoms with Crippen molar-refractivity contribution in [1.82, 2.24) is 4.90 Å². The van der Waals surface area contributed by atoms with Crippen LogP contribution in [-0.4, -0.2) is 49.1 Å². The Bertz CT molecular complexity index is 1270. The van der Waals surface area contributed by atoms with E-state index in [9.17, 15) is 13.6 Å². The zero-order valence-corrected chi connectivity index (χ0v) is 20.2. The van der Waals surface area contributed by atoms with Crippen LogP contribution in [0.1, 0.15) is 37.0 Å². The second-order valence-corrected chi connectivity index (χ2v) is 9.09. The molecule has 0 radical (unpaired) electrons. The van der Waals surface area contributed by atoms with Crippen LogP contribution in [0.4, 0.5) is 8.78 Å². The molecule has 188 valence electrons. The van der Waals surface area contributed by atoms with Gasteiger partial charge in [0.05, 0.1) is 0 Å². The number of guanidine groups is 1. The van der Waals surface area contributed by atoms with Crippen molar-refractivity contribution in [3.8, 4) is 11.5 Å². The van der Waals surface area contributed by atoms with Crippen LogP contribution in [0.3, 0.4) is 0 Å². The summed E-state index contributed by atoms with van der Waals surface area (Å²) < 4.78 is 35.9. The van der Waals surface area contributed by atoms with E-state index in [1.807, 2.05) is 32.0 Å². The molecule has 2 aromatic rings. The summed E-state index contributed by atoms with van der Waals surface area (Å²) in [5.74, 6) is 0.473. The lowest BCUT2D eigenvalue weighted by Crippen LogP contribution is -2.51. The van der Waals surface area contributed by atoms with Crippen molar-refractivity contribution in [2.45, 2.75) is 44.4 Å². The number of allylic oxidation sites excluding steroid dienone is 1. The van der Waals surface area contributed by atoms with Gasteiger partial charge in [-0.15, -0.1) is 0 Å². The van der Waals surface area contributed by atoms with Crippen LogP contribution in [0, 0.1) is 0 Å². The van der Waals surface area contributed by atoms with E-state index in [0.717, 1.165) is 16.7 Å². The van der Waals surface area contributed by atoms with Crippen molar-refractivity contribution in [1.29, 1.82) is 0 Å². The SMILES string of the molecule is C=NC=NC=C(C)c1ccc2c(c1)C1(CC(C)(Cc3ccc(OC(F)F)cc3)O2)N=C(N)N(C)C1=O. The minimum atomic E-state index is -2.89. The third-order valence-corrected chi connectivity index (χ3v) is 6.32. The number of alkyl halides is 2. The predicted molar refractivity (Wildman–Crippen MR) is 135 cm³/mol. The van der Waals surface area contributed by atoms with Crippen LogP contribution in [0.25, 0.3) is 5.57 Å². The molecule has 1 spiro atoms. The van der Waals surface area contributed by atoms with E-state index in [1.54, 1.807) is 25.4 Å². The van der Waals surface area contributed by atoms with Crippen LogP contribution < -0.4 is 15.2 Å². The average molecular weight is 496 g/mol. The van der Waals surface area contributed by atoms with E-state index < -0.39 is 17.8 Å². The van der Waals surface area contributed by atoms with Crippen molar-refractivity contribution in [2.75, 3.05) is 7.05 Å². The fraction of sp³-hybridized carbons (Fsp3) is 0.308. The van der Waals surface area contributed by atoms with E-state index in [0.29, 0.717) is 17.7 Å². The van der Waals surface area contributed by atoms with Gasteiger partial charge in [0, 0.05) is 31.7 Å². The molecule has 0 aliphatic carbocycles. The maximum Gasteiger partial charge on any atom is 0.387 e. The van der Waals surface area contributed by atoms with E-state index in [4.69, 9.17) is 10.5 Å². The number of ether oxygens (including phenoxy) is 2. The second kappa shape index (κ2) is 9.52. The summed E-state index contributed by atoms with van der Waals surface area (Å²) in [6, 6.07) is 11.9. The largest absolute Gasteiger partial charge is 0.487 e. The molecular weight excluding hydrogens is 468 g/mol. The first-order valence-electron chi connectivity index (χ1n) is 11.2.